The number of carbonyl (C=O) groups excluding carboxylic acids is 1. The summed E-state index contributed by atoms with van der Waals surface area (Å²) >= 11 is 1.43. The molecular formula is C7H11N2OReRfS-. The molecule has 0 N–H and O–H groups in total. The average molecular weight is 624 g/mol. The van der Waals surface area contributed by atoms with Gasteiger partial charge in [0, 0.05) is 27.0 Å². The van der Waals surface area contributed by atoms with Gasteiger partial charge >= 0.3 is 0 Å². The first-order valence-corrected chi connectivity index (χ1v) is 4.73. The molecule has 13 heavy (non-hydrogen) atoms. The van der Waals surface area contributed by atoms with Crippen LogP contribution in [0.3, 0.4) is 0 Å². The summed E-state index contributed by atoms with van der Waals surface area (Å²) in [6, 6.07) is 0. The van der Waals surface area contributed by atoms with Gasteiger partial charge in [-0.15, -0.1) is 0 Å². The van der Waals surface area contributed by atoms with Crippen molar-refractivity contribution in [2.24, 2.45) is 4.99 Å². The molecule has 0 spiro atoms. The minimum absolute atomic E-state index is 0. The van der Waals surface area contributed by atoms with Crippen molar-refractivity contribution in [1.82, 2.24) is 4.90 Å². The molecule has 1 radical (unpaired) electrons. The standard InChI is InChI=1S/C7H11N2OS.Re.Rf/c1-6-8-3-4-9(6)7(10)5-11-2;;/h5H,3-4H2,1-2H3;;/q-1;;. The molecule has 1 amide bonds. The van der Waals surface area contributed by atoms with Crippen molar-refractivity contribution in [3.8, 4) is 0 Å². The molecule has 0 unspecified atom stereocenters. The largest absolute Gasteiger partial charge is 0.327 e. The zero-order chi connectivity index (χ0) is 8.27. The number of hydrogen-bond acceptors (Lipinski definition) is 3. The van der Waals surface area contributed by atoms with Gasteiger partial charge in [0.05, 0.1) is 12.5 Å². The molecule has 3 nitrogen and oxygen atoms in total. The molecule has 0 saturated heterocycles. The van der Waals surface area contributed by atoms with E-state index in [1.807, 2.05) is 13.2 Å². The molecular weight excluding hydrogens is 613 g/mol. The van der Waals surface area contributed by atoms with Crippen LogP contribution in [0, 0.1) is 5.75 Å². The number of hydrogen-bond donors (Lipinski definition) is 0. The minimum Gasteiger partial charge on any atom is -0.327 e. The van der Waals surface area contributed by atoms with E-state index in [1.165, 1.54) is 11.8 Å². The van der Waals surface area contributed by atoms with Gasteiger partial charge in [0.25, 0.3) is 0 Å². The van der Waals surface area contributed by atoms with Crippen LogP contribution in [0.25, 0.3) is 0 Å². The van der Waals surface area contributed by atoms with Gasteiger partial charge in [0.1, 0.15) is 5.84 Å². The van der Waals surface area contributed by atoms with Crippen molar-refractivity contribution >= 4 is 23.5 Å². The van der Waals surface area contributed by atoms with Gasteiger partial charge in [-0.1, -0.05) is 0 Å². The fourth-order valence-electron chi connectivity index (χ4n) is 0.993. The van der Waals surface area contributed by atoms with Gasteiger partial charge in [-0.3, -0.25) is 10.7 Å². The van der Waals surface area contributed by atoms with Crippen LogP contribution >= 0.6 is 11.8 Å². The van der Waals surface area contributed by atoms with Gasteiger partial charge in [-0.25, -0.2) is 0 Å². The Labute approximate surface area is 90.6 Å². The van der Waals surface area contributed by atoms with Crippen LogP contribution < -0.4 is 0 Å². The van der Waals surface area contributed by atoms with E-state index in [-0.39, 0.29) is 26.3 Å². The van der Waals surface area contributed by atoms with Crippen molar-refractivity contribution in [3.05, 3.63) is 5.75 Å². The van der Waals surface area contributed by atoms with E-state index in [9.17, 15) is 4.79 Å². The van der Waals surface area contributed by atoms with E-state index in [0.29, 0.717) is 0 Å². The predicted molar refractivity (Wildman–Crippen MR) is 47.5 cm³/mol. The Morgan fingerprint density at radius 1 is 1.69 bits per heavy atom. The number of thioether (sulfide) groups is 1. The number of amidine groups is 1. The van der Waals surface area contributed by atoms with E-state index in [0.717, 1.165) is 18.9 Å². The van der Waals surface area contributed by atoms with Crippen molar-refractivity contribution in [2.45, 2.75) is 6.92 Å². The second kappa shape index (κ2) is 6.53. The first kappa shape index (κ1) is 14.5. The molecule has 0 aromatic carbocycles. The summed E-state index contributed by atoms with van der Waals surface area (Å²) < 4.78 is 0. The van der Waals surface area contributed by atoms with Crippen LogP contribution in [-0.2, 0) is 25.2 Å². The van der Waals surface area contributed by atoms with Gasteiger partial charge in [-0.2, -0.15) is 0 Å². The topological polar surface area (TPSA) is 32.7 Å². The van der Waals surface area contributed by atoms with Crippen LogP contribution in [-0.4, -0.2) is 36.0 Å². The molecule has 1 aliphatic rings. The summed E-state index contributed by atoms with van der Waals surface area (Å²) in [5.41, 5.74) is 0. The molecule has 0 fully saturated rings. The first-order valence-electron chi connectivity index (χ1n) is 3.44. The van der Waals surface area contributed by atoms with Crippen LogP contribution in [0.15, 0.2) is 4.99 Å². The fourth-order valence-corrected chi connectivity index (χ4v) is 1.32. The molecule has 6 heteroatoms. The Bertz CT molecular complexity index is 201. The SMILES string of the molecule is CS[CH-]C(=O)N1CCN=C1C.[Re].[Rf]. The number of aliphatic imine (C=N–C) groups is 1. The van der Waals surface area contributed by atoms with Crippen molar-refractivity contribution in [2.75, 3.05) is 19.3 Å². The summed E-state index contributed by atoms with van der Waals surface area (Å²) in [6.45, 7) is 3.35. The summed E-state index contributed by atoms with van der Waals surface area (Å²) in [5.74, 6) is 2.49. The van der Waals surface area contributed by atoms with Crippen LogP contribution in [0.2, 0.25) is 0 Å². The Kier molecular flexibility index (Phi) is 7.30. The zero-order valence-electron chi connectivity index (χ0n) is 7.79. The molecule has 0 bridgehead atoms. The molecule has 0 aliphatic carbocycles. The minimum atomic E-state index is 0. The third kappa shape index (κ3) is 3.50. The molecule has 0 saturated carbocycles. The Morgan fingerprint density at radius 2 is 2.31 bits per heavy atom. The molecule has 0 atom stereocenters. The normalized spacial score (nSPS) is 14.0. The van der Waals surface area contributed by atoms with E-state index in [1.54, 1.807) is 10.7 Å². The smallest absolute Gasteiger partial charge is 0.101 e. The molecule has 71 valence electrons. The fraction of sp³-hybridized carbons (Fsp3) is 0.571. The van der Waals surface area contributed by atoms with Crippen LogP contribution in [0.1, 0.15) is 6.92 Å². The molecule has 0 aromatic heterocycles. The number of amides is 1. The molecule has 1 heterocycles. The average Bonchev–Trinajstić information content (AvgIpc) is 2.36. The van der Waals surface area contributed by atoms with Crippen molar-refractivity contribution in [3.63, 3.8) is 0 Å². The monoisotopic (exact) mass is 625 g/mol. The summed E-state index contributed by atoms with van der Waals surface area (Å²) in [5, 5.41) is 0. The van der Waals surface area contributed by atoms with Crippen molar-refractivity contribution in [1.29, 1.82) is 0 Å². The predicted octanol–water partition coefficient (Wildman–Crippen LogP) is 0.769. The Morgan fingerprint density at radius 3 is 2.69 bits per heavy atom. The van der Waals surface area contributed by atoms with Crippen LogP contribution in [0.5, 0.6) is 0 Å². The number of rotatable bonds is 2. The molecule has 1 rings (SSSR count). The second-order valence-electron chi connectivity index (χ2n) is 2.27. The third-order valence-electron chi connectivity index (χ3n) is 1.54. The third-order valence-corrected chi connectivity index (χ3v) is 1.98. The second-order valence-corrected chi connectivity index (χ2v) is 2.98. The van der Waals surface area contributed by atoms with Gasteiger partial charge in [0.2, 0.25) is 0 Å². The van der Waals surface area contributed by atoms with E-state index >= 15 is 0 Å². The number of nitrogens with zero attached hydrogens (tertiary/aromatic N) is 2. The first-order chi connectivity index (χ1) is 5.25. The Balaban J connectivity index is 0. The van der Waals surface area contributed by atoms with E-state index < -0.39 is 0 Å². The Hall–Kier alpha value is -0.978. The summed E-state index contributed by atoms with van der Waals surface area (Å²) in [4.78, 5) is 17.0. The van der Waals surface area contributed by atoms with Gasteiger partial charge in [0.15, 0.2) is 0 Å². The van der Waals surface area contributed by atoms with Crippen LogP contribution in [0.4, 0.5) is 0 Å². The summed E-state index contributed by atoms with van der Waals surface area (Å²) in [6.07, 6.45) is 1.88. The summed E-state index contributed by atoms with van der Waals surface area (Å²) in [7, 11) is 0. The maximum atomic E-state index is 11.2. The van der Waals surface area contributed by atoms with Gasteiger partial charge in [-0.05, 0) is 13.2 Å². The molecule has 1 aliphatic heterocycles. The maximum Gasteiger partial charge on any atom is 0.101 e. The van der Waals surface area contributed by atoms with E-state index in [2.05, 4.69) is 4.99 Å². The maximum absolute atomic E-state index is 11.2. The van der Waals surface area contributed by atoms with Gasteiger partial charge < -0.3 is 21.5 Å². The number of carbonyl (C=O) groups is 1. The van der Waals surface area contributed by atoms with Crippen molar-refractivity contribution < 1.29 is 25.2 Å². The van der Waals surface area contributed by atoms with E-state index in [4.69, 9.17) is 0 Å². The quantitative estimate of drug-likeness (QED) is 0.426. The zero-order valence-corrected chi connectivity index (χ0v) is 17.7. The molecule has 0 aromatic rings.